The first kappa shape index (κ1) is 17.3. The monoisotopic (exact) mass is 294 g/mol. The Bertz CT molecular complexity index is 318. The number of nitrogens with zero attached hydrogens (tertiary/aromatic N) is 1. The van der Waals surface area contributed by atoms with Crippen molar-refractivity contribution in [2.75, 3.05) is 13.1 Å². The smallest absolute Gasteiger partial charge is 0.0385 e. The molecule has 2 heteroatoms. The van der Waals surface area contributed by atoms with E-state index in [1.165, 1.54) is 64.3 Å². The van der Waals surface area contributed by atoms with Crippen molar-refractivity contribution in [2.45, 2.75) is 97.1 Å². The van der Waals surface area contributed by atoms with E-state index in [0.29, 0.717) is 5.41 Å². The lowest BCUT2D eigenvalue weighted by molar-refractivity contribution is -0.0686. The molecule has 0 aromatic carbocycles. The van der Waals surface area contributed by atoms with Gasteiger partial charge in [-0.15, -0.1) is 0 Å². The van der Waals surface area contributed by atoms with Crippen molar-refractivity contribution in [3.05, 3.63) is 0 Å². The molecule has 2 fully saturated rings. The van der Waals surface area contributed by atoms with E-state index in [-0.39, 0.29) is 5.54 Å². The molecular weight excluding hydrogens is 256 g/mol. The molecule has 0 heterocycles. The van der Waals surface area contributed by atoms with Crippen LogP contribution in [0.3, 0.4) is 0 Å². The van der Waals surface area contributed by atoms with Crippen LogP contribution in [0, 0.1) is 11.3 Å². The molecule has 0 aromatic rings. The molecule has 2 aliphatic rings. The quantitative estimate of drug-likeness (QED) is 0.777. The van der Waals surface area contributed by atoms with Crippen molar-refractivity contribution in [1.82, 2.24) is 4.90 Å². The molecule has 2 aliphatic carbocycles. The van der Waals surface area contributed by atoms with Gasteiger partial charge in [0.15, 0.2) is 0 Å². The molecule has 0 spiro atoms. The Kier molecular flexibility index (Phi) is 5.76. The summed E-state index contributed by atoms with van der Waals surface area (Å²) < 4.78 is 0. The SMILES string of the molecule is CC(C)CCN(C1CCCC1)C1(CN)CCCCC1(C)C. The summed E-state index contributed by atoms with van der Waals surface area (Å²) in [7, 11) is 0. The van der Waals surface area contributed by atoms with Crippen LogP contribution < -0.4 is 5.73 Å². The third-order valence-electron chi connectivity index (χ3n) is 6.50. The minimum Gasteiger partial charge on any atom is -0.329 e. The van der Waals surface area contributed by atoms with Crippen molar-refractivity contribution >= 4 is 0 Å². The van der Waals surface area contributed by atoms with Crippen LogP contribution in [0.1, 0.15) is 85.5 Å². The summed E-state index contributed by atoms with van der Waals surface area (Å²) in [5.74, 6) is 0.787. The summed E-state index contributed by atoms with van der Waals surface area (Å²) >= 11 is 0. The van der Waals surface area contributed by atoms with E-state index < -0.39 is 0 Å². The Labute approximate surface area is 132 Å². The predicted octanol–water partition coefficient (Wildman–Crippen LogP) is 4.57. The zero-order chi connectivity index (χ0) is 15.5. The number of hydrogen-bond acceptors (Lipinski definition) is 2. The first-order valence-corrected chi connectivity index (χ1v) is 9.40. The molecular formula is C19H38N2. The van der Waals surface area contributed by atoms with Crippen LogP contribution in [0.5, 0.6) is 0 Å². The number of hydrogen-bond donors (Lipinski definition) is 1. The lowest BCUT2D eigenvalue weighted by Gasteiger charge is -2.58. The Morgan fingerprint density at radius 3 is 2.19 bits per heavy atom. The van der Waals surface area contributed by atoms with Gasteiger partial charge in [-0.05, 0) is 50.0 Å². The van der Waals surface area contributed by atoms with Gasteiger partial charge in [-0.2, -0.15) is 0 Å². The standard InChI is InChI=1S/C19H38N2/c1-16(2)11-14-21(17-9-5-6-10-17)19(15-20)13-8-7-12-18(19,3)4/h16-17H,5-15,20H2,1-4H3. The van der Waals surface area contributed by atoms with Crippen LogP contribution in [0.4, 0.5) is 0 Å². The van der Waals surface area contributed by atoms with E-state index in [4.69, 9.17) is 5.73 Å². The molecule has 0 radical (unpaired) electrons. The van der Waals surface area contributed by atoms with E-state index in [0.717, 1.165) is 18.5 Å². The second-order valence-corrected chi connectivity index (χ2v) is 8.64. The highest BCUT2D eigenvalue weighted by atomic mass is 15.3. The summed E-state index contributed by atoms with van der Waals surface area (Å²) in [6.45, 7) is 11.8. The van der Waals surface area contributed by atoms with Gasteiger partial charge in [-0.1, -0.05) is 53.4 Å². The largest absolute Gasteiger partial charge is 0.329 e. The molecule has 21 heavy (non-hydrogen) atoms. The highest BCUT2D eigenvalue weighted by Gasteiger charge is 2.51. The second kappa shape index (κ2) is 7.00. The number of rotatable bonds is 6. The molecule has 2 N–H and O–H groups in total. The highest BCUT2D eigenvalue weighted by molar-refractivity contribution is 5.07. The molecule has 0 bridgehead atoms. The average Bonchev–Trinajstić information content (AvgIpc) is 2.94. The summed E-state index contributed by atoms with van der Waals surface area (Å²) in [5, 5.41) is 0. The van der Waals surface area contributed by atoms with Crippen LogP contribution in [-0.2, 0) is 0 Å². The van der Waals surface area contributed by atoms with Crippen molar-refractivity contribution < 1.29 is 0 Å². The van der Waals surface area contributed by atoms with Gasteiger partial charge >= 0.3 is 0 Å². The molecule has 2 saturated carbocycles. The van der Waals surface area contributed by atoms with E-state index in [2.05, 4.69) is 32.6 Å². The van der Waals surface area contributed by atoms with Gasteiger partial charge in [0.1, 0.15) is 0 Å². The average molecular weight is 295 g/mol. The molecule has 1 atom stereocenters. The summed E-state index contributed by atoms with van der Waals surface area (Å²) in [4.78, 5) is 2.90. The molecule has 0 aliphatic heterocycles. The van der Waals surface area contributed by atoms with E-state index in [1.54, 1.807) is 0 Å². The van der Waals surface area contributed by atoms with Gasteiger partial charge < -0.3 is 5.73 Å². The van der Waals surface area contributed by atoms with Crippen LogP contribution in [-0.4, -0.2) is 29.6 Å². The minimum absolute atomic E-state index is 0.245. The maximum atomic E-state index is 6.45. The van der Waals surface area contributed by atoms with Crippen LogP contribution in [0.25, 0.3) is 0 Å². The van der Waals surface area contributed by atoms with E-state index in [1.807, 2.05) is 0 Å². The van der Waals surface area contributed by atoms with Crippen molar-refractivity contribution in [2.24, 2.45) is 17.1 Å². The zero-order valence-corrected chi connectivity index (χ0v) is 15.0. The molecule has 2 rings (SSSR count). The zero-order valence-electron chi connectivity index (χ0n) is 15.0. The van der Waals surface area contributed by atoms with Crippen molar-refractivity contribution in [1.29, 1.82) is 0 Å². The summed E-state index contributed by atoms with van der Waals surface area (Å²) in [5.41, 5.74) is 7.05. The third-order valence-corrected chi connectivity index (χ3v) is 6.50. The summed E-state index contributed by atoms with van der Waals surface area (Å²) in [6, 6.07) is 0.796. The van der Waals surface area contributed by atoms with Crippen LogP contribution in [0.2, 0.25) is 0 Å². The molecule has 0 amide bonds. The minimum atomic E-state index is 0.245. The maximum absolute atomic E-state index is 6.45. The fraction of sp³-hybridized carbons (Fsp3) is 1.00. The Morgan fingerprint density at radius 2 is 1.67 bits per heavy atom. The van der Waals surface area contributed by atoms with E-state index >= 15 is 0 Å². The van der Waals surface area contributed by atoms with Gasteiger partial charge in [-0.25, -0.2) is 0 Å². The number of nitrogens with two attached hydrogens (primary N) is 1. The van der Waals surface area contributed by atoms with Crippen molar-refractivity contribution in [3.8, 4) is 0 Å². The molecule has 2 nitrogen and oxygen atoms in total. The second-order valence-electron chi connectivity index (χ2n) is 8.64. The highest BCUT2D eigenvalue weighted by Crippen LogP contribution is 2.49. The van der Waals surface area contributed by atoms with Crippen molar-refractivity contribution in [3.63, 3.8) is 0 Å². The van der Waals surface area contributed by atoms with Gasteiger partial charge in [-0.3, -0.25) is 4.90 Å². The fourth-order valence-corrected chi connectivity index (χ4v) is 4.94. The Morgan fingerprint density at radius 1 is 1.05 bits per heavy atom. The molecule has 1 unspecified atom stereocenters. The predicted molar refractivity (Wildman–Crippen MR) is 92.5 cm³/mol. The fourth-order valence-electron chi connectivity index (χ4n) is 4.94. The molecule has 0 saturated heterocycles. The molecule has 124 valence electrons. The first-order valence-electron chi connectivity index (χ1n) is 9.40. The van der Waals surface area contributed by atoms with E-state index in [9.17, 15) is 0 Å². The lowest BCUT2D eigenvalue weighted by Crippen LogP contribution is -2.66. The Hall–Kier alpha value is -0.0800. The topological polar surface area (TPSA) is 29.3 Å². The summed E-state index contributed by atoms with van der Waals surface area (Å²) in [6.07, 6.45) is 12.4. The molecule has 0 aromatic heterocycles. The van der Waals surface area contributed by atoms with Gasteiger partial charge in [0, 0.05) is 18.1 Å². The normalized spacial score (nSPS) is 30.4. The van der Waals surface area contributed by atoms with Gasteiger partial charge in [0.25, 0.3) is 0 Å². The van der Waals surface area contributed by atoms with Crippen LogP contribution >= 0.6 is 0 Å². The lowest BCUT2D eigenvalue weighted by atomic mass is 9.61. The third kappa shape index (κ3) is 3.47. The van der Waals surface area contributed by atoms with Gasteiger partial charge in [0.05, 0.1) is 0 Å². The van der Waals surface area contributed by atoms with Crippen LogP contribution in [0.15, 0.2) is 0 Å². The Balaban J connectivity index is 2.25. The van der Waals surface area contributed by atoms with Gasteiger partial charge in [0.2, 0.25) is 0 Å². The first-order chi connectivity index (χ1) is 9.93. The maximum Gasteiger partial charge on any atom is 0.0385 e.